The zero-order chi connectivity index (χ0) is 22.8. The Morgan fingerprint density at radius 1 is 1.00 bits per heavy atom. The van der Waals surface area contributed by atoms with Crippen LogP contribution in [0, 0.1) is 5.92 Å². The second kappa shape index (κ2) is 9.08. The van der Waals surface area contributed by atoms with Crippen molar-refractivity contribution >= 4 is 28.7 Å². The lowest BCUT2D eigenvalue weighted by Crippen LogP contribution is -2.39. The number of hydrogen-bond acceptors (Lipinski definition) is 4. The summed E-state index contributed by atoms with van der Waals surface area (Å²) in [7, 11) is 0. The monoisotopic (exact) mass is 443 g/mol. The zero-order valence-electron chi connectivity index (χ0n) is 18.2. The van der Waals surface area contributed by atoms with E-state index in [2.05, 4.69) is 30.3 Å². The van der Waals surface area contributed by atoms with E-state index >= 15 is 0 Å². The fourth-order valence-corrected chi connectivity index (χ4v) is 4.55. The van der Waals surface area contributed by atoms with Crippen LogP contribution in [-0.2, 0) is 20.9 Å². The van der Waals surface area contributed by atoms with E-state index in [1.807, 2.05) is 30.3 Å². The van der Waals surface area contributed by atoms with Crippen LogP contribution in [0.1, 0.15) is 24.0 Å². The summed E-state index contributed by atoms with van der Waals surface area (Å²) < 4.78 is 0. The molecule has 168 valence electrons. The number of carbonyl (C=O) groups excluding carboxylic acids is 1. The Bertz CT molecular complexity index is 1240. The summed E-state index contributed by atoms with van der Waals surface area (Å²) in [6.45, 7) is 1.48. The predicted molar refractivity (Wildman–Crippen MR) is 126 cm³/mol. The van der Waals surface area contributed by atoms with Crippen LogP contribution >= 0.6 is 0 Å². The van der Waals surface area contributed by atoms with Crippen LogP contribution in [0.4, 0.5) is 0 Å². The predicted octanol–water partition coefficient (Wildman–Crippen LogP) is 4.71. The van der Waals surface area contributed by atoms with E-state index in [4.69, 9.17) is 9.78 Å². The van der Waals surface area contributed by atoms with Gasteiger partial charge in [-0.2, -0.15) is 4.89 Å². The highest BCUT2D eigenvalue weighted by Gasteiger charge is 2.26. The lowest BCUT2D eigenvalue weighted by atomic mass is 9.94. The molecule has 6 nitrogen and oxygen atoms in total. The number of carboxylic acids is 1. The number of carboxylic acid groups (broad SMARTS) is 1. The number of amides is 1. The quantitative estimate of drug-likeness (QED) is 0.467. The van der Waals surface area contributed by atoms with E-state index in [1.54, 1.807) is 11.0 Å². The second-order valence-electron chi connectivity index (χ2n) is 8.54. The molecule has 0 unspecified atom stereocenters. The van der Waals surface area contributed by atoms with Gasteiger partial charge in [-0.05, 0) is 70.6 Å². The molecular weight excluding hydrogens is 418 g/mol. The molecule has 5 rings (SSSR count). The lowest BCUT2D eigenvalue weighted by Gasteiger charge is -2.29. The van der Waals surface area contributed by atoms with Gasteiger partial charge in [0.1, 0.15) is 0 Å². The van der Waals surface area contributed by atoms with Gasteiger partial charge in [0.25, 0.3) is 0 Å². The van der Waals surface area contributed by atoms with Gasteiger partial charge in [-0.1, -0.05) is 30.3 Å². The van der Waals surface area contributed by atoms with E-state index in [9.17, 15) is 14.7 Å². The van der Waals surface area contributed by atoms with Crippen LogP contribution in [0.25, 0.3) is 28.0 Å². The summed E-state index contributed by atoms with van der Waals surface area (Å²) in [6, 6.07) is 18.5. The van der Waals surface area contributed by atoms with Crippen LogP contribution in [0.2, 0.25) is 0 Å². The van der Waals surface area contributed by atoms with Gasteiger partial charge >= 0.3 is 5.97 Å². The number of likely N-dealkylation sites (tertiary alicyclic amines) is 1. The molecule has 6 heteroatoms. The fourth-order valence-electron chi connectivity index (χ4n) is 4.55. The molecule has 2 heterocycles. The maximum absolute atomic E-state index is 12.8. The number of rotatable bonds is 4. The number of piperidine rings is 1. The smallest absolute Gasteiger partial charge is 0.306 e. The summed E-state index contributed by atoms with van der Waals surface area (Å²) in [5, 5.41) is 11.3. The Morgan fingerprint density at radius 3 is 2.64 bits per heavy atom. The third-order valence-corrected chi connectivity index (χ3v) is 6.45. The number of benzene rings is 3. The molecule has 0 saturated carbocycles. The Hall–Kier alpha value is -3.64. The highest BCUT2D eigenvalue weighted by molar-refractivity contribution is 5.99. The second-order valence-corrected chi connectivity index (χ2v) is 8.54. The van der Waals surface area contributed by atoms with Crippen LogP contribution in [0.15, 0.2) is 60.7 Å². The molecule has 1 amide bonds. The summed E-state index contributed by atoms with van der Waals surface area (Å²) in [6.07, 6.45) is 5.27. The van der Waals surface area contributed by atoms with Gasteiger partial charge in [-0.25, -0.2) is 0 Å². The molecule has 1 fully saturated rings. The van der Waals surface area contributed by atoms with Crippen molar-refractivity contribution in [3.63, 3.8) is 0 Å². The summed E-state index contributed by atoms with van der Waals surface area (Å²) in [5.74, 6) is -0.461. The van der Waals surface area contributed by atoms with E-state index in [1.165, 1.54) is 0 Å². The van der Waals surface area contributed by atoms with E-state index < -0.39 is 5.97 Å². The molecule has 0 radical (unpaired) electrons. The minimum Gasteiger partial charge on any atom is -0.481 e. The normalized spacial score (nSPS) is 16.5. The number of fused-ring (bicyclic) bond motifs is 2. The number of carbonyl (C=O) groups is 2. The minimum atomic E-state index is -0.776. The van der Waals surface area contributed by atoms with Gasteiger partial charge in [-0.15, -0.1) is 0 Å². The van der Waals surface area contributed by atoms with Crippen molar-refractivity contribution < 1.29 is 24.5 Å². The van der Waals surface area contributed by atoms with Crippen LogP contribution in [-0.4, -0.2) is 41.6 Å². The molecule has 0 bridgehead atoms. The molecule has 0 aliphatic carbocycles. The first kappa shape index (κ1) is 21.2. The fraction of sp³-hybridized carbons (Fsp3) is 0.259. The van der Waals surface area contributed by atoms with Gasteiger partial charge in [0.15, 0.2) is 5.75 Å². The molecule has 3 aromatic rings. The maximum atomic E-state index is 12.8. The average Bonchev–Trinajstić information content (AvgIpc) is 2.86. The molecule has 0 spiro atoms. The molecule has 2 aliphatic rings. The number of aliphatic carboxylic acids is 1. The first-order valence-electron chi connectivity index (χ1n) is 11.2. The van der Waals surface area contributed by atoms with Crippen molar-refractivity contribution in [1.82, 2.24) is 4.90 Å². The third kappa shape index (κ3) is 4.47. The first-order valence-corrected chi connectivity index (χ1v) is 11.2. The lowest BCUT2D eigenvalue weighted by molar-refractivity contribution is -0.215. The number of nitrogens with zero attached hydrogens (tertiary/aromatic N) is 1. The van der Waals surface area contributed by atoms with Crippen molar-refractivity contribution in [3.05, 3.63) is 71.8 Å². The Labute approximate surface area is 192 Å². The zero-order valence-corrected chi connectivity index (χ0v) is 18.2. The summed E-state index contributed by atoms with van der Waals surface area (Å²) >= 11 is 0. The van der Waals surface area contributed by atoms with E-state index in [0.717, 1.165) is 45.2 Å². The van der Waals surface area contributed by atoms with Crippen molar-refractivity contribution in [2.45, 2.75) is 19.3 Å². The Balaban J connectivity index is 1.43. The van der Waals surface area contributed by atoms with Crippen LogP contribution < -0.4 is 4.89 Å². The molecular formula is C27H25NO5. The average molecular weight is 443 g/mol. The standard InChI is InChI=1S/C27H25NO5/c29-26(28-12-9-18(10-13-28)27(30)31)8-6-21-17-23(16-20-3-1-2-4-24(20)21)19-5-7-25-22(15-19)11-14-32-33-25/h1-8,15-18H,9-14H2,(H,30,31)/b8-6+. The van der Waals surface area contributed by atoms with Crippen molar-refractivity contribution in [2.75, 3.05) is 19.7 Å². The van der Waals surface area contributed by atoms with Gasteiger partial charge in [0.2, 0.25) is 5.91 Å². The number of hydrogen-bond donors (Lipinski definition) is 1. The van der Waals surface area contributed by atoms with Gasteiger partial charge in [0.05, 0.1) is 12.5 Å². The molecule has 1 N–H and O–H groups in total. The van der Waals surface area contributed by atoms with Gasteiger partial charge in [-0.3, -0.25) is 9.59 Å². The Morgan fingerprint density at radius 2 is 1.82 bits per heavy atom. The van der Waals surface area contributed by atoms with Crippen molar-refractivity contribution in [2.24, 2.45) is 5.92 Å². The van der Waals surface area contributed by atoms with Crippen LogP contribution in [0.3, 0.4) is 0 Å². The van der Waals surface area contributed by atoms with E-state index in [-0.39, 0.29) is 11.8 Å². The molecule has 0 atom stereocenters. The van der Waals surface area contributed by atoms with Crippen LogP contribution in [0.5, 0.6) is 5.75 Å². The van der Waals surface area contributed by atoms with E-state index in [0.29, 0.717) is 32.5 Å². The summed E-state index contributed by atoms with van der Waals surface area (Å²) in [5.41, 5.74) is 4.23. The van der Waals surface area contributed by atoms with Gasteiger partial charge in [0, 0.05) is 31.1 Å². The third-order valence-electron chi connectivity index (χ3n) is 6.45. The molecule has 2 aliphatic heterocycles. The summed E-state index contributed by atoms with van der Waals surface area (Å²) in [4.78, 5) is 36.0. The molecule has 3 aromatic carbocycles. The Kier molecular flexibility index (Phi) is 5.84. The molecule has 33 heavy (non-hydrogen) atoms. The first-order chi connectivity index (χ1) is 16.1. The highest BCUT2D eigenvalue weighted by atomic mass is 17.2. The minimum absolute atomic E-state index is 0.0840. The topological polar surface area (TPSA) is 76.1 Å². The largest absolute Gasteiger partial charge is 0.481 e. The molecule has 1 saturated heterocycles. The SMILES string of the molecule is O=C(O)C1CCN(C(=O)/C=C/c2cc(-c3ccc4c(c3)CCOO4)cc3ccccc23)CC1. The van der Waals surface area contributed by atoms with Gasteiger partial charge < -0.3 is 14.9 Å². The molecule has 0 aromatic heterocycles. The van der Waals surface area contributed by atoms with Crippen molar-refractivity contribution in [1.29, 1.82) is 0 Å². The maximum Gasteiger partial charge on any atom is 0.306 e. The highest BCUT2D eigenvalue weighted by Crippen LogP contribution is 2.33. The van der Waals surface area contributed by atoms with Crippen molar-refractivity contribution in [3.8, 4) is 16.9 Å².